The van der Waals surface area contributed by atoms with E-state index in [0.29, 0.717) is 0 Å². The second kappa shape index (κ2) is 6.60. The average Bonchev–Trinajstić information content (AvgIpc) is 2.48. The van der Waals surface area contributed by atoms with Gasteiger partial charge in [0.2, 0.25) is 0 Å². The van der Waals surface area contributed by atoms with Gasteiger partial charge in [-0.2, -0.15) is 0 Å². The van der Waals surface area contributed by atoms with Crippen LogP contribution < -0.4 is 5.32 Å². The van der Waals surface area contributed by atoms with Gasteiger partial charge in [-0.1, -0.05) is 17.7 Å². The number of halogens is 1. The van der Waals surface area contributed by atoms with Crippen molar-refractivity contribution in [3.05, 3.63) is 34.9 Å². The van der Waals surface area contributed by atoms with E-state index in [1.54, 1.807) is 0 Å². The highest BCUT2D eigenvalue weighted by molar-refractivity contribution is 6.31. The van der Waals surface area contributed by atoms with Crippen molar-refractivity contribution in [2.24, 2.45) is 0 Å². The Morgan fingerprint density at radius 1 is 1.29 bits per heavy atom. The summed E-state index contributed by atoms with van der Waals surface area (Å²) in [5.41, 5.74) is 2.15. The summed E-state index contributed by atoms with van der Waals surface area (Å²) in [5, 5.41) is 5.28. The van der Waals surface area contributed by atoms with Crippen LogP contribution in [-0.2, 0) is 4.74 Å². The van der Waals surface area contributed by atoms with E-state index in [9.17, 15) is 0 Å². The Kier molecular flexibility index (Phi) is 4.58. The van der Waals surface area contributed by atoms with Crippen LogP contribution in [0.1, 0.15) is 5.56 Å². The van der Waals surface area contributed by atoms with Gasteiger partial charge in [-0.3, -0.25) is 4.90 Å². The van der Waals surface area contributed by atoms with Gasteiger partial charge >= 0.3 is 0 Å². The molecule has 0 radical (unpaired) electrons. The van der Waals surface area contributed by atoms with E-state index in [1.165, 1.54) is 5.56 Å². The van der Waals surface area contributed by atoms with Gasteiger partial charge in [0.05, 0.1) is 18.7 Å². The number of ether oxygens (including phenoxy) is 1. The van der Waals surface area contributed by atoms with Crippen molar-refractivity contribution in [3.63, 3.8) is 0 Å². The number of fused-ring (bicyclic) bond motifs is 1. The Labute approximate surface area is 130 Å². The molecule has 1 aliphatic rings. The summed E-state index contributed by atoms with van der Waals surface area (Å²) in [4.78, 5) is 7.04. The van der Waals surface area contributed by atoms with Crippen molar-refractivity contribution in [1.29, 1.82) is 0 Å². The molecule has 0 amide bonds. The molecule has 2 aromatic rings. The fraction of sp³-hybridized carbons (Fsp3) is 0.438. The third-order valence-electron chi connectivity index (χ3n) is 3.82. The fourth-order valence-electron chi connectivity index (χ4n) is 2.63. The molecule has 2 heterocycles. The minimum atomic E-state index is 0.722. The van der Waals surface area contributed by atoms with Crippen molar-refractivity contribution in [2.75, 3.05) is 44.7 Å². The lowest BCUT2D eigenvalue weighted by molar-refractivity contribution is 0.0398. The minimum Gasteiger partial charge on any atom is -0.379 e. The lowest BCUT2D eigenvalue weighted by atomic mass is 10.1. The van der Waals surface area contributed by atoms with Crippen molar-refractivity contribution in [3.8, 4) is 0 Å². The van der Waals surface area contributed by atoms with Crippen LogP contribution in [0, 0.1) is 6.92 Å². The fourth-order valence-corrected chi connectivity index (χ4v) is 2.80. The van der Waals surface area contributed by atoms with Crippen LogP contribution in [0.15, 0.2) is 24.3 Å². The first kappa shape index (κ1) is 14.6. The van der Waals surface area contributed by atoms with Crippen LogP contribution >= 0.6 is 11.6 Å². The topological polar surface area (TPSA) is 37.4 Å². The summed E-state index contributed by atoms with van der Waals surface area (Å²) in [7, 11) is 0. The van der Waals surface area contributed by atoms with Gasteiger partial charge in [0.15, 0.2) is 0 Å². The van der Waals surface area contributed by atoms with Crippen LogP contribution in [0.25, 0.3) is 10.9 Å². The Bertz CT molecular complexity index is 626. The molecular formula is C16H20ClN3O. The number of hydrogen-bond acceptors (Lipinski definition) is 4. The summed E-state index contributed by atoms with van der Waals surface area (Å²) in [6.07, 6.45) is 0. The maximum atomic E-state index is 6.05. The van der Waals surface area contributed by atoms with Gasteiger partial charge in [-0.05, 0) is 30.7 Å². The van der Waals surface area contributed by atoms with E-state index in [0.717, 1.165) is 61.1 Å². The number of aryl methyl sites for hydroxylation is 1. The molecule has 1 fully saturated rings. The van der Waals surface area contributed by atoms with Crippen LogP contribution in [-0.4, -0.2) is 49.3 Å². The number of hydrogen-bond donors (Lipinski definition) is 1. The highest BCUT2D eigenvalue weighted by atomic mass is 35.5. The maximum absolute atomic E-state index is 6.05. The smallest absolute Gasteiger partial charge is 0.126 e. The van der Waals surface area contributed by atoms with Gasteiger partial charge < -0.3 is 10.1 Å². The quantitative estimate of drug-likeness (QED) is 0.942. The molecule has 4 nitrogen and oxygen atoms in total. The highest BCUT2D eigenvalue weighted by Gasteiger charge is 2.09. The average molecular weight is 306 g/mol. The second-order valence-corrected chi connectivity index (χ2v) is 5.80. The Morgan fingerprint density at radius 2 is 2.10 bits per heavy atom. The zero-order chi connectivity index (χ0) is 14.7. The molecule has 0 bridgehead atoms. The number of nitrogens with zero attached hydrogens (tertiary/aromatic N) is 2. The lowest BCUT2D eigenvalue weighted by Crippen LogP contribution is -2.39. The normalized spacial score (nSPS) is 16.3. The van der Waals surface area contributed by atoms with Crippen molar-refractivity contribution < 1.29 is 4.74 Å². The predicted octanol–water partition coefficient (Wildman–Crippen LogP) is 2.94. The van der Waals surface area contributed by atoms with Gasteiger partial charge in [0.25, 0.3) is 0 Å². The predicted molar refractivity (Wildman–Crippen MR) is 87.2 cm³/mol. The van der Waals surface area contributed by atoms with Crippen LogP contribution in [0.2, 0.25) is 5.02 Å². The molecular weight excluding hydrogens is 286 g/mol. The molecule has 0 atom stereocenters. The van der Waals surface area contributed by atoms with E-state index < -0.39 is 0 Å². The summed E-state index contributed by atoms with van der Waals surface area (Å²) in [6.45, 7) is 7.71. The van der Waals surface area contributed by atoms with Crippen LogP contribution in [0.3, 0.4) is 0 Å². The SMILES string of the molecule is Cc1cc(NCCN2CCOCC2)nc2cc(Cl)ccc12. The third kappa shape index (κ3) is 3.64. The van der Waals surface area contributed by atoms with Gasteiger partial charge in [-0.15, -0.1) is 0 Å². The summed E-state index contributed by atoms with van der Waals surface area (Å²) < 4.78 is 5.35. The first-order valence-electron chi connectivity index (χ1n) is 7.33. The Hall–Kier alpha value is -1.36. The molecule has 5 heteroatoms. The summed E-state index contributed by atoms with van der Waals surface area (Å²) >= 11 is 6.05. The summed E-state index contributed by atoms with van der Waals surface area (Å²) in [5.74, 6) is 0.913. The molecule has 1 saturated heterocycles. The van der Waals surface area contributed by atoms with Gasteiger partial charge in [-0.25, -0.2) is 4.98 Å². The first-order valence-corrected chi connectivity index (χ1v) is 7.71. The molecule has 1 aliphatic heterocycles. The molecule has 112 valence electrons. The number of rotatable bonds is 4. The molecule has 1 aromatic heterocycles. The number of anilines is 1. The molecule has 1 aromatic carbocycles. The first-order chi connectivity index (χ1) is 10.2. The van der Waals surface area contributed by atoms with Gasteiger partial charge in [0, 0.05) is 36.6 Å². The number of morpholine rings is 1. The molecule has 3 rings (SSSR count). The zero-order valence-electron chi connectivity index (χ0n) is 12.2. The van der Waals surface area contributed by atoms with Crippen molar-refractivity contribution >= 4 is 28.3 Å². The highest BCUT2D eigenvalue weighted by Crippen LogP contribution is 2.23. The third-order valence-corrected chi connectivity index (χ3v) is 4.05. The maximum Gasteiger partial charge on any atom is 0.126 e. The molecule has 1 N–H and O–H groups in total. The number of aromatic nitrogens is 1. The second-order valence-electron chi connectivity index (χ2n) is 5.37. The summed E-state index contributed by atoms with van der Waals surface area (Å²) in [6, 6.07) is 7.94. The molecule has 0 unspecified atom stereocenters. The van der Waals surface area contributed by atoms with Crippen molar-refractivity contribution in [1.82, 2.24) is 9.88 Å². The standard InChI is InChI=1S/C16H20ClN3O/c1-12-10-16(18-4-5-20-6-8-21-9-7-20)19-15-11-13(17)2-3-14(12)15/h2-3,10-11H,4-9H2,1H3,(H,18,19). The Morgan fingerprint density at radius 3 is 2.90 bits per heavy atom. The molecule has 0 saturated carbocycles. The van der Waals surface area contributed by atoms with E-state index in [-0.39, 0.29) is 0 Å². The Balaban J connectivity index is 1.66. The van der Waals surface area contributed by atoms with Gasteiger partial charge in [0.1, 0.15) is 5.82 Å². The van der Waals surface area contributed by atoms with E-state index >= 15 is 0 Å². The number of benzene rings is 1. The molecule has 0 aliphatic carbocycles. The largest absolute Gasteiger partial charge is 0.379 e. The monoisotopic (exact) mass is 305 g/mol. The van der Waals surface area contributed by atoms with E-state index in [4.69, 9.17) is 16.3 Å². The zero-order valence-corrected chi connectivity index (χ0v) is 13.0. The lowest BCUT2D eigenvalue weighted by Gasteiger charge is -2.26. The number of nitrogens with one attached hydrogen (secondary N) is 1. The molecule has 21 heavy (non-hydrogen) atoms. The van der Waals surface area contributed by atoms with Crippen LogP contribution in [0.4, 0.5) is 5.82 Å². The minimum absolute atomic E-state index is 0.722. The van der Waals surface area contributed by atoms with Crippen molar-refractivity contribution in [2.45, 2.75) is 6.92 Å². The van der Waals surface area contributed by atoms with E-state index in [2.05, 4.69) is 28.2 Å². The van der Waals surface area contributed by atoms with Crippen LogP contribution in [0.5, 0.6) is 0 Å². The van der Waals surface area contributed by atoms with E-state index in [1.807, 2.05) is 18.2 Å². The number of pyridine rings is 1. The molecule has 0 spiro atoms.